The molecule has 0 saturated carbocycles. The lowest BCUT2D eigenvalue weighted by Gasteiger charge is -2.26. The third-order valence-electron chi connectivity index (χ3n) is 2.76. The zero-order valence-corrected chi connectivity index (χ0v) is 14.1. The molecule has 0 bridgehead atoms. The number of carbonyl (C=O) groups is 2. The van der Waals surface area contributed by atoms with Crippen molar-refractivity contribution in [2.75, 3.05) is 10.6 Å². The van der Waals surface area contributed by atoms with Crippen molar-refractivity contribution in [3.63, 3.8) is 0 Å². The lowest BCUT2D eigenvalue weighted by Crippen LogP contribution is -2.45. The summed E-state index contributed by atoms with van der Waals surface area (Å²) in [4.78, 5) is 23.1. The summed E-state index contributed by atoms with van der Waals surface area (Å²) in [6, 6.07) is 4.19. The molecule has 118 valence electrons. The van der Waals surface area contributed by atoms with E-state index in [-0.39, 0.29) is 29.6 Å². The fraction of sp³-hybridized carbons (Fsp3) is 0.429. The highest BCUT2D eigenvalue weighted by Gasteiger charge is 2.27. The molecule has 1 rings (SSSR count). The van der Waals surface area contributed by atoms with E-state index in [4.69, 9.17) is 17.3 Å². The van der Waals surface area contributed by atoms with E-state index in [9.17, 15) is 9.59 Å². The lowest BCUT2D eigenvalue weighted by atomic mass is 9.87. The van der Waals surface area contributed by atoms with Crippen LogP contribution in [-0.4, -0.2) is 17.9 Å². The molecule has 5 nitrogen and oxygen atoms in total. The van der Waals surface area contributed by atoms with Gasteiger partial charge in [-0.25, -0.2) is 0 Å². The van der Waals surface area contributed by atoms with Gasteiger partial charge in [-0.15, -0.1) is 12.4 Å². The van der Waals surface area contributed by atoms with Crippen LogP contribution in [0.1, 0.15) is 27.7 Å². The van der Waals surface area contributed by atoms with Crippen LogP contribution >= 0.6 is 24.0 Å². The Balaban J connectivity index is 0.00000400. The number of carbonyl (C=O) groups excluding carboxylic acids is 2. The average molecular weight is 334 g/mol. The first kappa shape index (κ1) is 19.7. The largest absolute Gasteiger partial charge is 0.326 e. The molecule has 4 N–H and O–H groups in total. The maximum absolute atomic E-state index is 12.1. The SMILES string of the molecule is CC(=O)Nc1ccc(Cl)c(NC(=O)[C@@H](N)C(C)(C)C)c1.Cl. The number of anilines is 2. The van der Waals surface area contributed by atoms with Crippen molar-refractivity contribution in [3.8, 4) is 0 Å². The molecule has 0 aliphatic carbocycles. The van der Waals surface area contributed by atoms with Crippen molar-refractivity contribution in [1.82, 2.24) is 0 Å². The first-order valence-corrected chi connectivity index (χ1v) is 6.62. The molecule has 0 heterocycles. The quantitative estimate of drug-likeness (QED) is 0.794. The number of rotatable bonds is 3. The predicted molar refractivity (Wildman–Crippen MR) is 89.1 cm³/mol. The van der Waals surface area contributed by atoms with Gasteiger partial charge in [0.1, 0.15) is 0 Å². The summed E-state index contributed by atoms with van der Waals surface area (Å²) in [6.45, 7) is 7.05. The Labute approximate surface area is 136 Å². The summed E-state index contributed by atoms with van der Waals surface area (Å²) in [5, 5.41) is 5.69. The molecule has 0 fully saturated rings. The van der Waals surface area contributed by atoms with E-state index < -0.39 is 6.04 Å². The standard InChI is InChI=1S/C14H20ClN3O2.ClH/c1-8(19)17-9-5-6-10(15)11(7-9)18-13(20)12(16)14(2,3)4;/h5-7,12H,16H2,1-4H3,(H,17,19)(H,18,20);1H/t12-;/m1./s1. The van der Waals surface area contributed by atoms with E-state index in [0.717, 1.165) is 0 Å². The molecular weight excluding hydrogens is 313 g/mol. The summed E-state index contributed by atoms with van der Waals surface area (Å²) in [5.41, 5.74) is 6.51. The molecule has 1 aromatic rings. The molecule has 7 heteroatoms. The van der Waals surface area contributed by atoms with E-state index in [2.05, 4.69) is 10.6 Å². The first-order chi connectivity index (χ1) is 9.11. The third kappa shape index (κ3) is 5.91. The highest BCUT2D eigenvalue weighted by atomic mass is 35.5. The van der Waals surface area contributed by atoms with Crippen LogP contribution in [0.5, 0.6) is 0 Å². The van der Waals surface area contributed by atoms with Crippen LogP contribution in [-0.2, 0) is 9.59 Å². The van der Waals surface area contributed by atoms with Gasteiger partial charge < -0.3 is 16.4 Å². The predicted octanol–water partition coefficient (Wildman–Crippen LogP) is 3.03. The van der Waals surface area contributed by atoms with Crippen LogP contribution in [0.3, 0.4) is 0 Å². The number of amides is 2. The maximum Gasteiger partial charge on any atom is 0.241 e. The number of nitrogens with one attached hydrogen (secondary N) is 2. The maximum atomic E-state index is 12.1. The number of nitrogens with two attached hydrogens (primary N) is 1. The molecule has 0 aliphatic heterocycles. The first-order valence-electron chi connectivity index (χ1n) is 6.25. The Bertz CT molecular complexity index is 527. The van der Waals surface area contributed by atoms with E-state index in [1.165, 1.54) is 6.92 Å². The average Bonchev–Trinajstić information content (AvgIpc) is 2.30. The monoisotopic (exact) mass is 333 g/mol. The van der Waals surface area contributed by atoms with Crippen LogP contribution in [0.2, 0.25) is 5.02 Å². The third-order valence-corrected chi connectivity index (χ3v) is 3.09. The molecular formula is C14H21Cl2N3O2. The normalized spacial score (nSPS) is 12.1. The van der Waals surface area contributed by atoms with Crippen LogP contribution in [0.4, 0.5) is 11.4 Å². The van der Waals surface area contributed by atoms with Gasteiger partial charge in [0.2, 0.25) is 11.8 Å². The van der Waals surface area contributed by atoms with Gasteiger partial charge in [-0.05, 0) is 23.6 Å². The molecule has 0 aliphatic rings. The van der Waals surface area contributed by atoms with Crippen LogP contribution in [0.25, 0.3) is 0 Å². The Morgan fingerprint density at radius 1 is 1.24 bits per heavy atom. The second-order valence-electron chi connectivity index (χ2n) is 5.71. The summed E-state index contributed by atoms with van der Waals surface area (Å²) < 4.78 is 0. The van der Waals surface area contributed by atoms with Gasteiger partial charge in [0.25, 0.3) is 0 Å². The van der Waals surface area contributed by atoms with Crippen LogP contribution in [0, 0.1) is 5.41 Å². The lowest BCUT2D eigenvalue weighted by molar-refractivity contribution is -0.119. The van der Waals surface area contributed by atoms with E-state index in [1.807, 2.05) is 20.8 Å². The summed E-state index contributed by atoms with van der Waals surface area (Å²) >= 11 is 6.03. The minimum Gasteiger partial charge on any atom is -0.326 e. The molecule has 0 spiro atoms. The molecule has 0 saturated heterocycles. The van der Waals surface area contributed by atoms with Gasteiger partial charge in [-0.2, -0.15) is 0 Å². The molecule has 21 heavy (non-hydrogen) atoms. The molecule has 2 amide bonds. The number of hydrogen-bond donors (Lipinski definition) is 3. The minimum atomic E-state index is -0.664. The van der Waals surface area contributed by atoms with Crippen LogP contribution in [0.15, 0.2) is 18.2 Å². The van der Waals surface area contributed by atoms with Gasteiger partial charge in [0.15, 0.2) is 0 Å². The van der Waals surface area contributed by atoms with Crippen molar-refractivity contribution in [2.45, 2.75) is 33.7 Å². The Hall–Kier alpha value is -1.30. The minimum absolute atomic E-state index is 0. The molecule has 1 atom stereocenters. The van der Waals surface area contributed by atoms with Crippen molar-refractivity contribution in [2.24, 2.45) is 11.1 Å². The molecule has 0 radical (unpaired) electrons. The second kappa shape index (κ2) is 7.64. The topological polar surface area (TPSA) is 84.2 Å². The van der Waals surface area contributed by atoms with E-state index in [1.54, 1.807) is 18.2 Å². The van der Waals surface area contributed by atoms with E-state index in [0.29, 0.717) is 16.4 Å². The highest BCUT2D eigenvalue weighted by Crippen LogP contribution is 2.27. The summed E-state index contributed by atoms with van der Waals surface area (Å²) in [5.74, 6) is -0.518. The van der Waals surface area contributed by atoms with E-state index >= 15 is 0 Å². The second-order valence-corrected chi connectivity index (χ2v) is 6.12. The number of halogens is 2. The zero-order valence-electron chi connectivity index (χ0n) is 12.5. The van der Waals surface area contributed by atoms with Crippen molar-refractivity contribution >= 4 is 47.2 Å². The Kier molecular flexibility index (Phi) is 7.16. The van der Waals surface area contributed by atoms with Crippen molar-refractivity contribution in [1.29, 1.82) is 0 Å². The van der Waals surface area contributed by atoms with Crippen molar-refractivity contribution < 1.29 is 9.59 Å². The van der Waals surface area contributed by atoms with Gasteiger partial charge in [-0.1, -0.05) is 32.4 Å². The highest BCUT2D eigenvalue weighted by molar-refractivity contribution is 6.34. The smallest absolute Gasteiger partial charge is 0.241 e. The number of benzene rings is 1. The molecule has 0 unspecified atom stereocenters. The fourth-order valence-corrected chi connectivity index (χ4v) is 1.67. The number of hydrogen-bond acceptors (Lipinski definition) is 3. The van der Waals surface area contributed by atoms with Gasteiger partial charge in [-0.3, -0.25) is 9.59 Å². The van der Waals surface area contributed by atoms with Gasteiger partial charge >= 0.3 is 0 Å². The zero-order chi connectivity index (χ0) is 15.5. The molecule has 0 aromatic heterocycles. The van der Waals surface area contributed by atoms with Gasteiger partial charge in [0, 0.05) is 12.6 Å². The Morgan fingerprint density at radius 2 is 1.81 bits per heavy atom. The fourth-order valence-electron chi connectivity index (χ4n) is 1.51. The van der Waals surface area contributed by atoms with Gasteiger partial charge in [0.05, 0.1) is 16.8 Å². The Morgan fingerprint density at radius 3 is 2.29 bits per heavy atom. The van der Waals surface area contributed by atoms with Crippen LogP contribution < -0.4 is 16.4 Å². The van der Waals surface area contributed by atoms with Crippen molar-refractivity contribution in [3.05, 3.63) is 23.2 Å². The molecule has 1 aromatic carbocycles. The summed E-state index contributed by atoms with van der Waals surface area (Å²) in [7, 11) is 0. The summed E-state index contributed by atoms with van der Waals surface area (Å²) in [6.07, 6.45) is 0.